The van der Waals surface area contributed by atoms with E-state index in [0.717, 1.165) is 29.7 Å². The van der Waals surface area contributed by atoms with Crippen LogP contribution >= 0.6 is 11.3 Å². The Morgan fingerprint density at radius 3 is 2.91 bits per heavy atom. The van der Waals surface area contributed by atoms with Gasteiger partial charge in [-0.15, -0.1) is 11.3 Å². The van der Waals surface area contributed by atoms with Crippen molar-refractivity contribution in [3.8, 4) is 11.3 Å². The minimum Gasteiger partial charge on any atom is -0.465 e. The van der Waals surface area contributed by atoms with Crippen LogP contribution in [-0.4, -0.2) is 43.5 Å². The second kappa shape index (κ2) is 8.06. The van der Waals surface area contributed by atoms with Gasteiger partial charge in [0.05, 0.1) is 23.3 Å². The van der Waals surface area contributed by atoms with E-state index in [1.807, 2.05) is 0 Å². The van der Waals surface area contributed by atoms with Crippen molar-refractivity contribution in [1.29, 1.82) is 0 Å². The van der Waals surface area contributed by atoms with Crippen LogP contribution in [0.2, 0.25) is 0 Å². The number of esters is 1. The van der Waals surface area contributed by atoms with Gasteiger partial charge < -0.3 is 10.1 Å². The molecule has 1 aliphatic carbocycles. The predicted molar refractivity (Wildman–Crippen MR) is 119 cm³/mol. The van der Waals surface area contributed by atoms with Gasteiger partial charge in [-0.05, 0) is 30.9 Å². The minimum absolute atomic E-state index is 0.0996. The van der Waals surface area contributed by atoms with Crippen LogP contribution < -0.4 is 5.32 Å². The molecule has 0 unspecified atom stereocenters. The summed E-state index contributed by atoms with van der Waals surface area (Å²) in [5, 5.41) is 18.5. The average molecular weight is 464 g/mol. The first-order chi connectivity index (χ1) is 16.0. The van der Waals surface area contributed by atoms with Gasteiger partial charge in [-0.25, -0.2) is 9.78 Å². The highest BCUT2D eigenvalue weighted by Gasteiger charge is 2.29. The highest BCUT2D eigenvalue weighted by Crippen LogP contribution is 2.39. The number of non-ortho nitro benzene ring substituents is 1. The first-order valence-corrected chi connectivity index (χ1v) is 10.8. The van der Waals surface area contributed by atoms with E-state index in [2.05, 4.69) is 20.4 Å². The smallest absolute Gasteiger partial charge is 0.341 e. The summed E-state index contributed by atoms with van der Waals surface area (Å²) >= 11 is 1.36. The molecule has 0 radical (unpaired) electrons. The summed E-state index contributed by atoms with van der Waals surface area (Å²) in [7, 11) is 1.31. The molecule has 4 aromatic rings. The van der Waals surface area contributed by atoms with Crippen molar-refractivity contribution in [2.75, 3.05) is 12.4 Å². The number of amides is 1. The third kappa shape index (κ3) is 3.59. The molecule has 0 saturated carbocycles. The molecule has 33 heavy (non-hydrogen) atoms. The quantitative estimate of drug-likeness (QED) is 0.269. The average Bonchev–Trinajstić information content (AvgIpc) is 3.54. The molecule has 0 bridgehead atoms. The number of benzene rings is 1. The molecule has 1 aliphatic rings. The molecular formula is C21H16N6O5S. The maximum absolute atomic E-state index is 13.3. The van der Waals surface area contributed by atoms with Gasteiger partial charge in [-0.2, -0.15) is 14.6 Å². The number of nitrogens with one attached hydrogen (secondary N) is 1. The van der Waals surface area contributed by atoms with Crippen molar-refractivity contribution in [2.45, 2.75) is 19.3 Å². The van der Waals surface area contributed by atoms with Crippen molar-refractivity contribution in [2.24, 2.45) is 0 Å². The Balaban J connectivity index is 1.57. The lowest BCUT2D eigenvalue weighted by molar-refractivity contribution is -0.384. The minimum atomic E-state index is -0.523. The molecule has 0 saturated heterocycles. The zero-order chi connectivity index (χ0) is 23.1. The van der Waals surface area contributed by atoms with Crippen molar-refractivity contribution in [3.63, 3.8) is 0 Å². The standard InChI is InChI=1S/C21H16N6O5S/c1-32-20(29)17-13-6-3-7-16(13)33-19(17)25-18(28)15-9-14(24-21-22-10-23-26(15)21)11-4-2-5-12(8-11)27(30)31/h2,4-5,8-10H,3,6-7H2,1H3,(H,25,28). The van der Waals surface area contributed by atoms with Crippen LogP contribution in [0.25, 0.3) is 17.0 Å². The van der Waals surface area contributed by atoms with E-state index in [1.54, 1.807) is 12.1 Å². The summed E-state index contributed by atoms with van der Waals surface area (Å²) in [4.78, 5) is 45.9. The van der Waals surface area contributed by atoms with E-state index in [-0.39, 0.29) is 17.2 Å². The number of carbonyl (C=O) groups is 2. The third-order valence-electron chi connectivity index (χ3n) is 5.38. The molecule has 12 heteroatoms. The number of hydrogen-bond donors (Lipinski definition) is 1. The number of anilines is 1. The fourth-order valence-corrected chi connectivity index (χ4v) is 5.15. The summed E-state index contributed by atoms with van der Waals surface area (Å²) in [6.07, 6.45) is 3.82. The molecule has 0 spiro atoms. The fraction of sp³-hybridized carbons (Fsp3) is 0.190. The summed E-state index contributed by atoms with van der Waals surface area (Å²) in [5.74, 6) is -0.863. The van der Waals surface area contributed by atoms with Gasteiger partial charge in [0.15, 0.2) is 0 Å². The molecule has 11 nitrogen and oxygen atoms in total. The lowest BCUT2D eigenvalue weighted by Crippen LogP contribution is -2.18. The van der Waals surface area contributed by atoms with Gasteiger partial charge in [0.1, 0.15) is 17.0 Å². The number of aryl methyl sites for hydroxylation is 1. The number of nitro groups is 1. The van der Waals surface area contributed by atoms with Crippen molar-refractivity contribution in [1.82, 2.24) is 19.6 Å². The number of rotatable bonds is 5. The number of aromatic nitrogens is 4. The van der Waals surface area contributed by atoms with E-state index in [1.165, 1.54) is 47.5 Å². The number of nitrogens with zero attached hydrogens (tertiary/aromatic N) is 5. The van der Waals surface area contributed by atoms with Crippen LogP contribution in [0.3, 0.4) is 0 Å². The van der Waals surface area contributed by atoms with Gasteiger partial charge in [-0.3, -0.25) is 14.9 Å². The molecule has 1 amide bonds. The Morgan fingerprint density at radius 2 is 2.12 bits per heavy atom. The molecule has 5 rings (SSSR count). The molecular weight excluding hydrogens is 448 g/mol. The number of ether oxygens (including phenoxy) is 1. The van der Waals surface area contributed by atoms with Crippen LogP contribution in [-0.2, 0) is 17.6 Å². The zero-order valence-electron chi connectivity index (χ0n) is 17.3. The Hall–Kier alpha value is -4.19. The fourth-order valence-electron chi connectivity index (χ4n) is 3.88. The predicted octanol–water partition coefficient (Wildman–Crippen LogP) is 3.29. The number of nitro benzene ring substituents is 1. The highest BCUT2D eigenvalue weighted by molar-refractivity contribution is 7.17. The summed E-state index contributed by atoms with van der Waals surface area (Å²) in [6, 6.07) is 7.42. The first-order valence-electron chi connectivity index (χ1n) is 9.96. The van der Waals surface area contributed by atoms with E-state index in [4.69, 9.17) is 4.74 Å². The van der Waals surface area contributed by atoms with Crippen LogP contribution in [0, 0.1) is 10.1 Å². The monoisotopic (exact) mass is 464 g/mol. The van der Waals surface area contributed by atoms with Gasteiger partial charge in [0.25, 0.3) is 17.4 Å². The summed E-state index contributed by atoms with van der Waals surface area (Å²) < 4.78 is 6.21. The first kappa shape index (κ1) is 20.7. The maximum atomic E-state index is 13.3. The molecule has 3 aromatic heterocycles. The lowest BCUT2D eigenvalue weighted by atomic mass is 10.1. The van der Waals surface area contributed by atoms with Crippen molar-refractivity contribution < 1.29 is 19.2 Å². The Kier molecular flexibility index (Phi) is 5.05. The number of fused-ring (bicyclic) bond motifs is 2. The van der Waals surface area contributed by atoms with Gasteiger partial charge in [0, 0.05) is 22.6 Å². The van der Waals surface area contributed by atoms with Crippen LogP contribution in [0.1, 0.15) is 37.7 Å². The van der Waals surface area contributed by atoms with E-state index in [0.29, 0.717) is 21.8 Å². The zero-order valence-corrected chi connectivity index (χ0v) is 18.1. The molecule has 0 aliphatic heterocycles. The number of thiophene rings is 1. The SMILES string of the molecule is COC(=O)c1c(NC(=O)c2cc(-c3cccc([N+](=O)[O-])c3)nc3ncnn23)sc2c1CCC2. The third-order valence-corrected chi connectivity index (χ3v) is 6.58. The normalized spacial score (nSPS) is 12.5. The van der Waals surface area contributed by atoms with E-state index >= 15 is 0 Å². The molecule has 166 valence electrons. The van der Waals surface area contributed by atoms with Crippen molar-refractivity contribution in [3.05, 3.63) is 68.5 Å². The second-order valence-corrected chi connectivity index (χ2v) is 8.42. The number of carbonyl (C=O) groups excluding carboxylic acids is 2. The van der Waals surface area contributed by atoms with Crippen molar-refractivity contribution >= 4 is 39.7 Å². The summed E-state index contributed by atoms with van der Waals surface area (Å²) in [5.41, 5.74) is 2.09. The van der Waals surface area contributed by atoms with Crippen LogP contribution in [0.5, 0.6) is 0 Å². The summed E-state index contributed by atoms with van der Waals surface area (Å²) in [6.45, 7) is 0. The van der Waals surface area contributed by atoms with E-state index in [9.17, 15) is 19.7 Å². The Bertz CT molecular complexity index is 1440. The topological polar surface area (TPSA) is 142 Å². The molecule has 0 atom stereocenters. The van der Waals surface area contributed by atoms with Crippen LogP contribution in [0.4, 0.5) is 10.7 Å². The molecule has 1 aromatic carbocycles. The maximum Gasteiger partial charge on any atom is 0.341 e. The molecule has 0 fully saturated rings. The van der Waals surface area contributed by atoms with Gasteiger partial charge >= 0.3 is 5.97 Å². The number of hydrogen-bond acceptors (Lipinski definition) is 9. The Morgan fingerprint density at radius 1 is 1.27 bits per heavy atom. The Labute approximate surface area is 190 Å². The molecule has 3 heterocycles. The van der Waals surface area contributed by atoms with Crippen LogP contribution in [0.15, 0.2) is 36.7 Å². The highest BCUT2D eigenvalue weighted by atomic mass is 32.1. The van der Waals surface area contributed by atoms with E-state index < -0.39 is 16.8 Å². The molecule has 1 N–H and O–H groups in total. The largest absolute Gasteiger partial charge is 0.465 e. The lowest BCUT2D eigenvalue weighted by Gasteiger charge is -2.09. The van der Waals surface area contributed by atoms with Gasteiger partial charge in [-0.1, -0.05) is 12.1 Å². The van der Waals surface area contributed by atoms with Gasteiger partial charge in [0.2, 0.25) is 0 Å². The number of methoxy groups -OCH3 is 1. The second-order valence-electron chi connectivity index (χ2n) is 7.31.